The van der Waals surface area contributed by atoms with Crippen molar-refractivity contribution < 1.29 is 9.59 Å². The van der Waals surface area contributed by atoms with E-state index in [4.69, 9.17) is 0 Å². The maximum atomic E-state index is 12.2. The first kappa shape index (κ1) is 19.3. The Morgan fingerprint density at radius 1 is 1.38 bits per heavy atom. The van der Waals surface area contributed by atoms with Crippen molar-refractivity contribution in [3.8, 4) is 0 Å². The molecule has 1 aliphatic rings. The zero-order valence-electron chi connectivity index (χ0n) is 14.3. The highest BCUT2D eigenvalue weighted by Gasteiger charge is 2.21. The Morgan fingerprint density at radius 2 is 2.08 bits per heavy atom. The average Bonchev–Trinajstić information content (AvgIpc) is 2.56. The number of carbonyl (C=O) groups excluding carboxylic acids is 2. The van der Waals surface area contributed by atoms with E-state index in [-0.39, 0.29) is 17.1 Å². The fourth-order valence-electron chi connectivity index (χ4n) is 2.78. The van der Waals surface area contributed by atoms with E-state index in [9.17, 15) is 9.59 Å². The second-order valence-corrected chi connectivity index (χ2v) is 8.67. The number of nitrogens with one attached hydrogen (secondary N) is 1. The Balaban J connectivity index is 1.70. The fourth-order valence-corrected chi connectivity index (χ4v) is 3.94. The number of carbonyl (C=O) groups is 2. The summed E-state index contributed by atoms with van der Waals surface area (Å²) in [6, 6.07) is 7.90. The molecule has 0 bridgehead atoms. The molecular formula is C18H25BrN2O2S. The van der Waals surface area contributed by atoms with Gasteiger partial charge in [-0.15, -0.1) is 11.8 Å². The lowest BCUT2D eigenvalue weighted by atomic mass is 10.00. The lowest BCUT2D eigenvalue weighted by molar-refractivity contribution is -0.132. The van der Waals surface area contributed by atoms with Gasteiger partial charge in [-0.3, -0.25) is 9.59 Å². The standard InChI is InChI=1S/C18H25BrN2O2S/c1-13-4-3-11-21(12-13)17(22)9-10-20-18(23)14(2)24-16-7-5-15(19)6-8-16/h5-8,13-14H,3-4,9-12H2,1-2H3,(H,20,23). The zero-order valence-corrected chi connectivity index (χ0v) is 16.7. The molecular weight excluding hydrogens is 388 g/mol. The molecule has 1 aliphatic heterocycles. The predicted octanol–water partition coefficient (Wildman–Crippen LogP) is 3.69. The molecule has 0 spiro atoms. The van der Waals surface area contributed by atoms with Crippen molar-refractivity contribution in [2.24, 2.45) is 5.92 Å². The predicted molar refractivity (Wildman–Crippen MR) is 102 cm³/mol. The van der Waals surface area contributed by atoms with E-state index in [0.717, 1.165) is 28.9 Å². The van der Waals surface area contributed by atoms with Gasteiger partial charge in [0.1, 0.15) is 0 Å². The minimum Gasteiger partial charge on any atom is -0.355 e. The van der Waals surface area contributed by atoms with Gasteiger partial charge < -0.3 is 10.2 Å². The Kier molecular flexibility index (Phi) is 7.62. The van der Waals surface area contributed by atoms with E-state index in [1.165, 1.54) is 18.2 Å². The smallest absolute Gasteiger partial charge is 0.233 e. The molecule has 0 aliphatic carbocycles. The molecule has 1 aromatic rings. The molecule has 2 atom stereocenters. The first-order valence-corrected chi connectivity index (χ1v) is 10.1. The molecule has 0 radical (unpaired) electrons. The number of thioether (sulfide) groups is 1. The molecule has 1 aromatic carbocycles. The molecule has 1 saturated heterocycles. The second-order valence-electron chi connectivity index (χ2n) is 6.34. The van der Waals surface area contributed by atoms with Gasteiger partial charge in [0.25, 0.3) is 0 Å². The van der Waals surface area contributed by atoms with Crippen molar-refractivity contribution in [2.45, 2.75) is 43.3 Å². The van der Waals surface area contributed by atoms with Crippen LogP contribution in [0.4, 0.5) is 0 Å². The fraction of sp³-hybridized carbons (Fsp3) is 0.556. The number of halogens is 1. The third-order valence-electron chi connectivity index (χ3n) is 4.14. The first-order valence-electron chi connectivity index (χ1n) is 8.43. The summed E-state index contributed by atoms with van der Waals surface area (Å²) in [5, 5.41) is 2.69. The number of hydrogen-bond donors (Lipinski definition) is 1. The summed E-state index contributed by atoms with van der Waals surface area (Å²) in [5.41, 5.74) is 0. The minimum atomic E-state index is -0.184. The number of amides is 2. The molecule has 2 rings (SSSR count). The zero-order chi connectivity index (χ0) is 17.5. The lowest BCUT2D eigenvalue weighted by Crippen LogP contribution is -2.41. The Morgan fingerprint density at radius 3 is 2.75 bits per heavy atom. The SMILES string of the molecule is CC1CCCN(C(=O)CCNC(=O)C(C)Sc2ccc(Br)cc2)C1. The van der Waals surface area contributed by atoms with Gasteiger partial charge in [0.05, 0.1) is 5.25 Å². The summed E-state index contributed by atoms with van der Waals surface area (Å²) in [7, 11) is 0. The lowest BCUT2D eigenvalue weighted by Gasteiger charge is -2.31. The highest BCUT2D eigenvalue weighted by Crippen LogP contribution is 2.24. The van der Waals surface area contributed by atoms with Crippen LogP contribution in [0.1, 0.15) is 33.1 Å². The van der Waals surface area contributed by atoms with Crippen molar-refractivity contribution in [3.63, 3.8) is 0 Å². The Hall–Kier alpha value is -1.01. The second kappa shape index (κ2) is 9.47. The van der Waals surface area contributed by atoms with Crippen LogP contribution in [-0.4, -0.2) is 41.6 Å². The van der Waals surface area contributed by atoms with Crippen LogP contribution in [0.5, 0.6) is 0 Å². The molecule has 4 nitrogen and oxygen atoms in total. The van der Waals surface area contributed by atoms with Crippen LogP contribution < -0.4 is 5.32 Å². The van der Waals surface area contributed by atoms with Crippen LogP contribution in [-0.2, 0) is 9.59 Å². The molecule has 1 heterocycles. The van der Waals surface area contributed by atoms with Gasteiger partial charge in [0, 0.05) is 35.4 Å². The maximum Gasteiger partial charge on any atom is 0.233 e. The normalized spacial score (nSPS) is 19.0. The van der Waals surface area contributed by atoms with Crippen molar-refractivity contribution in [2.75, 3.05) is 19.6 Å². The van der Waals surface area contributed by atoms with Crippen LogP contribution in [0.3, 0.4) is 0 Å². The largest absolute Gasteiger partial charge is 0.355 e. The van der Waals surface area contributed by atoms with Gasteiger partial charge in [0.2, 0.25) is 11.8 Å². The number of benzene rings is 1. The Labute approximate surface area is 156 Å². The number of hydrogen-bond acceptors (Lipinski definition) is 3. The van der Waals surface area contributed by atoms with Gasteiger partial charge in [-0.2, -0.15) is 0 Å². The van der Waals surface area contributed by atoms with Crippen molar-refractivity contribution >= 4 is 39.5 Å². The van der Waals surface area contributed by atoms with E-state index in [0.29, 0.717) is 18.9 Å². The number of piperidine rings is 1. The third kappa shape index (κ3) is 6.13. The van der Waals surface area contributed by atoms with Gasteiger partial charge in [-0.1, -0.05) is 22.9 Å². The summed E-state index contributed by atoms with van der Waals surface area (Å²) in [5.74, 6) is 0.706. The monoisotopic (exact) mass is 412 g/mol. The van der Waals surface area contributed by atoms with Crippen LogP contribution >= 0.6 is 27.7 Å². The summed E-state index contributed by atoms with van der Waals surface area (Å²) >= 11 is 4.92. The summed E-state index contributed by atoms with van der Waals surface area (Å²) in [6.07, 6.45) is 2.67. The van der Waals surface area contributed by atoms with Crippen LogP contribution in [0, 0.1) is 5.92 Å². The van der Waals surface area contributed by atoms with Crippen LogP contribution in [0.15, 0.2) is 33.6 Å². The molecule has 2 unspecified atom stereocenters. The number of rotatable bonds is 6. The van der Waals surface area contributed by atoms with E-state index in [1.54, 1.807) is 0 Å². The summed E-state index contributed by atoms with van der Waals surface area (Å²) < 4.78 is 1.02. The molecule has 2 amide bonds. The highest BCUT2D eigenvalue weighted by molar-refractivity contribution is 9.10. The van der Waals surface area contributed by atoms with Crippen LogP contribution in [0.25, 0.3) is 0 Å². The van der Waals surface area contributed by atoms with E-state index < -0.39 is 0 Å². The number of likely N-dealkylation sites (tertiary alicyclic amines) is 1. The average molecular weight is 413 g/mol. The molecule has 132 valence electrons. The van der Waals surface area contributed by atoms with Gasteiger partial charge in [0.15, 0.2) is 0 Å². The van der Waals surface area contributed by atoms with Crippen molar-refractivity contribution in [1.82, 2.24) is 10.2 Å². The molecule has 24 heavy (non-hydrogen) atoms. The van der Waals surface area contributed by atoms with E-state index in [2.05, 4.69) is 28.2 Å². The highest BCUT2D eigenvalue weighted by atomic mass is 79.9. The first-order chi connectivity index (χ1) is 11.5. The molecule has 6 heteroatoms. The maximum absolute atomic E-state index is 12.2. The molecule has 1 fully saturated rings. The van der Waals surface area contributed by atoms with Gasteiger partial charge in [-0.25, -0.2) is 0 Å². The Bertz CT molecular complexity index is 565. The van der Waals surface area contributed by atoms with Crippen molar-refractivity contribution in [1.29, 1.82) is 0 Å². The summed E-state index contributed by atoms with van der Waals surface area (Å²) in [4.78, 5) is 27.3. The quantitative estimate of drug-likeness (QED) is 0.724. The molecule has 1 N–H and O–H groups in total. The molecule has 0 saturated carbocycles. The van der Waals surface area contributed by atoms with Gasteiger partial charge in [-0.05, 0) is 49.9 Å². The summed E-state index contributed by atoms with van der Waals surface area (Å²) in [6.45, 7) is 6.18. The van der Waals surface area contributed by atoms with E-state index in [1.807, 2.05) is 36.1 Å². The van der Waals surface area contributed by atoms with Gasteiger partial charge >= 0.3 is 0 Å². The topological polar surface area (TPSA) is 49.4 Å². The van der Waals surface area contributed by atoms with E-state index >= 15 is 0 Å². The number of nitrogens with zero attached hydrogens (tertiary/aromatic N) is 1. The third-order valence-corrected chi connectivity index (χ3v) is 5.78. The molecule has 0 aromatic heterocycles. The van der Waals surface area contributed by atoms with Crippen LogP contribution in [0.2, 0.25) is 0 Å². The minimum absolute atomic E-state index is 0.0252. The van der Waals surface area contributed by atoms with Crippen molar-refractivity contribution in [3.05, 3.63) is 28.7 Å².